The fourth-order valence-electron chi connectivity index (χ4n) is 3.54. The monoisotopic (exact) mass is 396 g/mol. The normalized spacial score (nSPS) is 12.5. The lowest BCUT2D eigenvalue weighted by molar-refractivity contribution is -0.136. The van der Waals surface area contributed by atoms with Crippen LogP contribution in [0.25, 0.3) is 0 Å². The van der Waals surface area contributed by atoms with Gasteiger partial charge in [0.25, 0.3) is 0 Å². The molecule has 4 heteroatoms. The highest BCUT2D eigenvalue weighted by molar-refractivity contribution is 5.98. The van der Waals surface area contributed by atoms with Crippen LogP contribution in [0.3, 0.4) is 0 Å². The summed E-state index contributed by atoms with van der Waals surface area (Å²) >= 11 is 0. The lowest BCUT2D eigenvalue weighted by Crippen LogP contribution is -2.12. The summed E-state index contributed by atoms with van der Waals surface area (Å²) in [7, 11) is 0. The lowest BCUT2D eigenvalue weighted by Gasteiger charge is -2.10. The van der Waals surface area contributed by atoms with Gasteiger partial charge in [-0.3, -0.25) is 0 Å². The number of hydrogen-bond donors (Lipinski definition) is 2. The van der Waals surface area contributed by atoms with E-state index < -0.39 is 11.9 Å². The van der Waals surface area contributed by atoms with Crippen LogP contribution in [0.1, 0.15) is 118 Å². The van der Waals surface area contributed by atoms with E-state index in [2.05, 4.69) is 27.7 Å². The lowest BCUT2D eigenvalue weighted by atomic mass is 9.96. The minimum atomic E-state index is -1.06. The van der Waals surface area contributed by atoms with Crippen molar-refractivity contribution in [2.24, 2.45) is 11.8 Å². The van der Waals surface area contributed by atoms with E-state index in [1.165, 1.54) is 38.5 Å². The molecule has 0 aliphatic carbocycles. The Morgan fingerprint density at radius 1 is 0.536 bits per heavy atom. The molecule has 4 nitrogen and oxygen atoms in total. The van der Waals surface area contributed by atoms with Crippen LogP contribution in [0.2, 0.25) is 0 Å². The van der Waals surface area contributed by atoms with Gasteiger partial charge >= 0.3 is 11.9 Å². The molecule has 0 unspecified atom stereocenters. The summed E-state index contributed by atoms with van der Waals surface area (Å²) < 4.78 is 0. The summed E-state index contributed by atoms with van der Waals surface area (Å²) in [6.07, 6.45) is 13.6. The van der Waals surface area contributed by atoms with Gasteiger partial charge in [-0.05, 0) is 37.5 Å². The highest BCUT2D eigenvalue weighted by atomic mass is 16.4. The van der Waals surface area contributed by atoms with Gasteiger partial charge in [0.1, 0.15) is 0 Å². The van der Waals surface area contributed by atoms with Crippen LogP contribution in [-0.4, -0.2) is 22.2 Å². The molecule has 0 aromatic carbocycles. The molecule has 0 spiro atoms. The number of carboxylic acids is 2. The van der Waals surface area contributed by atoms with Crippen LogP contribution >= 0.6 is 0 Å². The van der Waals surface area contributed by atoms with E-state index >= 15 is 0 Å². The first-order chi connectivity index (χ1) is 13.3. The molecule has 0 aromatic heterocycles. The molecular weight excluding hydrogens is 352 g/mol. The molecule has 0 heterocycles. The number of hydrogen-bond acceptors (Lipinski definition) is 2. The van der Waals surface area contributed by atoms with Gasteiger partial charge < -0.3 is 10.2 Å². The smallest absolute Gasteiger partial charge is 0.332 e. The van der Waals surface area contributed by atoms with Crippen molar-refractivity contribution in [1.82, 2.24) is 0 Å². The minimum absolute atomic E-state index is 0.120. The Morgan fingerprint density at radius 3 is 1.11 bits per heavy atom. The van der Waals surface area contributed by atoms with E-state index in [1.807, 2.05) is 0 Å². The van der Waals surface area contributed by atoms with Crippen LogP contribution in [0, 0.1) is 11.8 Å². The zero-order valence-electron chi connectivity index (χ0n) is 18.8. The van der Waals surface area contributed by atoms with Gasteiger partial charge in [-0.15, -0.1) is 0 Å². The second-order valence-electron chi connectivity index (χ2n) is 8.97. The molecule has 2 N–H and O–H groups in total. The van der Waals surface area contributed by atoms with Gasteiger partial charge in [0.05, 0.1) is 0 Å². The number of aliphatic carboxylic acids is 2. The van der Waals surface area contributed by atoms with Crippen LogP contribution in [0.5, 0.6) is 0 Å². The molecule has 0 aliphatic rings. The summed E-state index contributed by atoms with van der Waals surface area (Å²) in [5, 5.41) is 19.0. The van der Waals surface area contributed by atoms with Gasteiger partial charge in [0.2, 0.25) is 0 Å². The third-order valence-electron chi connectivity index (χ3n) is 5.30. The highest BCUT2D eigenvalue weighted by Gasteiger charge is 2.19. The fourth-order valence-corrected chi connectivity index (χ4v) is 3.54. The largest absolute Gasteiger partial charge is 0.478 e. The van der Waals surface area contributed by atoms with Crippen LogP contribution in [0.15, 0.2) is 11.1 Å². The maximum atomic E-state index is 11.6. The highest BCUT2D eigenvalue weighted by Crippen LogP contribution is 2.21. The van der Waals surface area contributed by atoms with E-state index in [0.717, 1.165) is 50.4 Å². The maximum Gasteiger partial charge on any atom is 0.332 e. The van der Waals surface area contributed by atoms with Gasteiger partial charge in [0.15, 0.2) is 0 Å². The molecule has 0 aliphatic heterocycles. The number of rotatable bonds is 18. The fraction of sp³-hybridized carbons (Fsp3) is 0.833. The molecule has 0 bridgehead atoms. The van der Waals surface area contributed by atoms with Crippen molar-refractivity contribution in [3.63, 3.8) is 0 Å². The Labute approximate surface area is 172 Å². The molecule has 28 heavy (non-hydrogen) atoms. The topological polar surface area (TPSA) is 74.6 Å². The summed E-state index contributed by atoms with van der Waals surface area (Å²) in [5.41, 5.74) is 0.240. The van der Waals surface area contributed by atoms with Gasteiger partial charge in [-0.25, -0.2) is 9.59 Å². The zero-order chi connectivity index (χ0) is 21.4. The molecule has 0 radical (unpaired) electrons. The number of carbonyl (C=O) groups is 2. The molecule has 0 atom stereocenters. The predicted octanol–water partition coefficient (Wildman–Crippen LogP) is 7.23. The van der Waals surface area contributed by atoms with E-state index in [-0.39, 0.29) is 11.1 Å². The van der Waals surface area contributed by atoms with Crippen molar-refractivity contribution in [3.8, 4) is 0 Å². The molecule has 0 rings (SSSR count). The van der Waals surface area contributed by atoms with Crippen molar-refractivity contribution in [1.29, 1.82) is 0 Å². The first-order valence-electron chi connectivity index (χ1n) is 11.4. The average molecular weight is 397 g/mol. The van der Waals surface area contributed by atoms with Crippen LogP contribution in [-0.2, 0) is 9.59 Å². The Bertz CT molecular complexity index is 421. The van der Waals surface area contributed by atoms with Crippen LogP contribution < -0.4 is 0 Å². The van der Waals surface area contributed by atoms with Gasteiger partial charge in [-0.2, -0.15) is 0 Å². The van der Waals surface area contributed by atoms with Crippen molar-refractivity contribution >= 4 is 11.9 Å². The molecule has 0 amide bonds. The van der Waals surface area contributed by atoms with Gasteiger partial charge in [0, 0.05) is 11.1 Å². The standard InChI is InChI=1S/C24H44O4/c1-19(2)15-11-7-5-9-13-17-21(23(25)26)22(24(27)28)18-14-10-6-8-12-16-20(3)4/h19-20H,5-18H2,1-4H3,(H,25,26)(H,27,28). The summed E-state index contributed by atoms with van der Waals surface area (Å²) in [5.74, 6) is -0.659. The number of unbranched alkanes of at least 4 members (excludes halogenated alkanes) is 8. The maximum absolute atomic E-state index is 11.6. The van der Waals surface area contributed by atoms with Crippen LogP contribution in [0.4, 0.5) is 0 Å². The Hall–Kier alpha value is -1.32. The zero-order valence-corrected chi connectivity index (χ0v) is 18.8. The molecule has 0 saturated heterocycles. The Morgan fingerprint density at radius 2 is 0.821 bits per heavy atom. The predicted molar refractivity (Wildman–Crippen MR) is 117 cm³/mol. The molecule has 0 aromatic rings. The number of carboxylic acid groups (broad SMARTS) is 2. The average Bonchev–Trinajstić information content (AvgIpc) is 2.59. The minimum Gasteiger partial charge on any atom is -0.478 e. The quantitative estimate of drug-likeness (QED) is 0.189. The van der Waals surface area contributed by atoms with E-state index in [4.69, 9.17) is 0 Å². The van der Waals surface area contributed by atoms with E-state index in [1.54, 1.807) is 0 Å². The van der Waals surface area contributed by atoms with Crippen molar-refractivity contribution < 1.29 is 19.8 Å². The second-order valence-corrected chi connectivity index (χ2v) is 8.97. The molecule has 0 saturated carbocycles. The SMILES string of the molecule is CC(C)CCCCCCCC(C(=O)O)=C(CCCCCCCC(C)C)C(=O)O. The van der Waals surface area contributed by atoms with Crippen molar-refractivity contribution in [2.45, 2.75) is 118 Å². The van der Waals surface area contributed by atoms with E-state index in [0.29, 0.717) is 12.8 Å². The van der Waals surface area contributed by atoms with Gasteiger partial charge in [-0.1, -0.05) is 91.9 Å². The first-order valence-corrected chi connectivity index (χ1v) is 11.4. The Kier molecular flexibility index (Phi) is 15.8. The molecule has 164 valence electrons. The third kappa shape index (κ3) is 14.7. The molecule has 0 fully saturated rings. The first kappa shape index (κ1) is 26.7. The summed E-state index contributed by atoms with van der Waals surface area (Å²) in [4.78, 5) is 23.2. The van der Waals surface area contributed by atoms with Crippen molar-refractivity contribution in [3.05, 3.63) is 11.1 Å². The Balaban J connectivity index is 4.33. The third-order valence-corrected chi connectivity index (χ3v) is 5.30. The van der Waals surface area contributed by atoms with E-state index in [9.17, 15) is 19.8 Å². The molecular formula is C24H44O4. The summed E-state index contributed by atoms with van der Waals surface area (Å²) in [6.45, 7) is 8.90. The second kappa shape index (κ2) is 16.6. The summed E-state index contributed by atoms with van der Waals surface area (Å²) in [6, 6.07) is 0. The van der Waals surface area contributed by atoms with Crippen molar-refractivity contribution in [2.75, 3.05) is 0 Å².